The van der Waals surface area contributed by atoms with Gasteiger partial charge in [0.05, 0.1) is 11.4 Å². The molecule has 0 bridgehead atoms. The molecule has 2 aromatic rings. The lowest BCUT2D eigenvalue weighted by molar-refractivity contribution is -0.140. The lowest BCUT2D eigenvalue weighted by Crippen LogP contribution is -2.52. The first-order valence-electron chi connectivity index (χ1n) is 12.9. The van der Waals surface area contributed by atoms with E-state index in [0.717, 1.165) is 4.31 Å². The van der Waals surface area contributed by atoms with Gasteiger partial charge in [-0.25, -0.2) is 8.42 Å². The Morgan fingerprint density at radius 3 is 2.26 bits per heavy atom. The molecule has 0 spiro atoms. The monoisotopic (exact) mass is 599 g/mol. The third-order valence-electron chi connectivity index (χ3n) is 6.25. The molecular weight excluding hydrogens is 565 g/mol. The summed E-state index contributed by atoms with van der Waals surface area (Å²) in [7, 11) is -3.89. The summed E-state index contributed by atoms with van der Waals surface area (Å²) < 4.78 is 38.6. The average molecular weight is 601 g/mol. The Labute approximate surface area is 240 Å². The second-order valence-electron chi connectivity index (χ2n) is 9.52. The average Bonchev–Trinajstić information content (AvgIpc) is 2.91. The van der Waals surface area contributed by atoms with Gasteiger partial charge in [0.25, 0.3) is 0 Å². The molecule has 1 atom stereocenters. The molecule has 0 aromatic heterocycles. The Kier molecular flexibility index (Phi) is 10.7. The van der Waals surface area contributed by atoms with E-state index in [1.165, 1.54) is 17.9 Å². The molecule has 12 heteroatoms. The van der Waals surface area contributed by atoms with Gasteiger partial charge in [0.2, 0.25) is 21.8 Å². The largest absolute Gasteiger partial charge is 0.486 e. The summed E-state index contributed by atoms with van der Waals surface area (Å²) in [6.45, 7) is 7.75. The molecule has 1 heterocycles. The molecule has 3 rings (SSSR count). The summed E-state index contributed by atoms with van der Waals surface area (Å²) in [6, 6.07) is 8.82. The smallest absolute Gasteiger partial charge is 0.244 e. The van der Waals surface area contributed by atoms with Gasteiger partial charge < -0.3 is 19.7 Å². The van der Waals surface area contributed by atoms with Gasteiger partial charge in [0.15, 0.2) is 11.5 Å². The van der Waals surface area contributed by atoms with E-state index in [2.05, 4.69) is 5.32 Å². The normalized spacial score (nSPS) is 13.6. The van der Waals surface area contributed by atoms with Crippen molar-refractivity contribution in [2.75, 3.05) is 36.4 Å². The van der Waals surface area contributed by atoms with Crippen molar-refractivity contribution >= 4 is 50.7 Å². The number of carbonyl (C=O) groups excluding carboxylic acids is 2. The summed E-state index contributed by atoms with van der Waals surface area (Å²) in [6.07, 6.45) is 0.294. The predicted molar refractivity (Wildman–Crippen MR) is 153 cm³/mol. The Hall–Kier alpha value is -2.69. The number of sulfonamides is 1. The van der Waals surface area contributed by atoms with Crippen LogP contribution in [0.3, 0.4) is 0 Å². The van der Waals surface area contributed by atoms with Crippen molar-refractivity contribution in [1.82, 2.24) is 10.2 Å². The molecule has 9 nitrogen and oxygen atoms in total. The van der Waals surface area contributed by atoms with Crippen LogP contribution in [0.4, 0.5) is 5.69 Å². The minimum Gasteiger partial charge on any atom is -0.486 e. The molecule has 1 unspecified atom stereocenters. The minimum absolute atomic E-state index is 0.0773. The summed E-state index contributed by atoms with van der Waals surface area (Å²) in [5, 5.41) is 3.55. The number of hydrogen-bond donors (Lipinski definition) is 1. The van der Waals surface area contributed by atoms with E-state index < -0.39 is 28.5 Å². The van der Waals surface area contributed by atoms with E-state index in [1.807, 2.05) is 13.8 Å². The molecule has 0 fully saturated rings. The van der Waals surface area contributed by atoms with Crippen LogP contribution >= 0.6 is 23.2 Å². The van der Waals surface area contributed by atoms with E-state index in [9.17, 15) is 18.0 Å². The molecule has 0 saturated carbocycles. The van der Waals surface area contributed by atoms with Gasteiger partial charge >= 0.3 is 0 Å². The number of ether oxygens (including phenoxy) is 2. The van der Waals surface area contributed by atoms with Crippen molar-refractivity contribution in [3.8, 4) is 11.5 Å². The molecule has 214 valence electrons. The van der Waals surface area contributed by atoms with E-state index in [4.69, 9.17) is 32.7 Å². The van der Waals surface area contributed by atoms with Gasteiger partial charge in [-0.1, -0.05) is 50.0 Å². The number of amides is 2. The van der Waals surface area contributed by atoms with E-state index >= 15 is 0 Å². The summed E-state index contributed by atoms with van der Waals surface area (Å²) in [5.74, 6) is -0.0721. The Morgan fingerprint density at radius 1 is 1.03 bits per heavy atom. The summed E-state index contributed by atoms with van der Waals surface area (Å²) in [4.78, 5) is 28.5. The van der Waals surface area contributed by atoms with Crippen molar-refractivity contribution in [1.29, 1.82) is 0 Å². The first kappa shape index (κ1) is 30.8. The molecule has 1 aliphatic rings. The highest BCUT2D eigenvalue weighted by Gasteiger charge is 2.33. The summed E-state index contributed by atoms with van der Waals surface area (Å²) >= 11 is 12.8. The lowest BCUT2D eigenvalue weighted by atomic mass is 10.1. The molecule has 0 aliphatic carbocycles. The number of anilines is 1. The third kappa shape index (κ3) is 7.70. The maximum atomic E-state index is 13.9. The van der Waals surface area contributed by atoms with Crippen molar-refractivity contribution in [3.05, 3.63) is 52.0 Å². The third-order valence-corrected chi connectivity index (χ3v) is 8.70. The van der Waals surface area contributed by atoms with Crippen LogP contribution in [0, 0.1) is 5.92 Å². The van der Waals surface area contributed by atoms with Crippen molar-refractivity contribution in [3.63, 3.8) is 0 Å². The van der Waals surface area contributed by atoms with Crippen molar-refractivity contribution in [2.45, 2.75) is 46.7 Å². The highest BCUT2D eigenvalue weighted by molar-refractivity contribution is 7.92. The number of halogens is 2. The van der Waals surface area contributed by atoms with E-state index in [-0.39, 0.29) is 29.8 Å². The number of fused-ring (bicyclic) bond motifs is 1. The lowest BCUT2D eigenvalue weighted by Gasteiger charge is -2.33. The molecule has 0 radical (unpaired) electrons. The van der Waals surface area contributed by atoms with Crippen LogP contribution in [0.1, 0.15) is 39.7 Å². The predicted octanol–water partition coefficient (Wildman–Crippen LogP) is 4.50. The fourth-order valence-electron chi connectivity index (χ4n) is 4.10. The zero-order chi connectivity index (χ0) is 28.7. The SMILES string of the molecule is CCC(C(=O)NCC(C)C)N(Cc1c(Cl)cccc1Cl)C(=O)CN(c1ccc2c(c1)OCCO2)S(=O)(=O)CC. The van der Waals surface area contributed by atoms with Crippen LogP contribution in [0.5, 0.6) is 11.5 Å². The Morgan fingerprint density at radius 2 is 1.67 bits per heavy atom. The maximum absolute atomic E-state index is 13.9. The first-order chi connectivity index (χ1) is 18.5. The number of carbonyl (C=O) groups is 2. The van der Waals surface area contributed by atoms with Crippen LogP contribution in [0.15, 0.2) is 36.4 Å². The summed E-state index contributed by atoms with van der Waals surface area (Å²) in [5.41, 5.74) is 0.719. The van der Waals surface area contributed by atoms with Crippen LogP contribution in [-0.2, 0) is 26.2 Å². The Balaban J connectivity index is 2.01. The van der Waals surface area contributed by atoms with Crippen molar-refractivity contribution in [2.24, 2.45) is 5.92 Å². The fourth-order valence-corrected chi connectivity index (χ4v) is 5.67. The quantitative estimate of drug-likeness (QED) is 0.385. The molecule has 2 amide bonds. The molecule has 0 saturated heterocycles. The number of hydrogen-bond acceptors (Lipinski definition) is 6. The molecule has 2 aromatic carbocycles. The maximum Gasteiger partial charge on any atom is 0.244 e. The highest BCUT2D eigenvalue weighted by atomic mass is 35.5. The molecule has 1 N–H and O–H groups in total. The number of benzene rings is 2. The van der Waals surface area contributed by atoms with Gasteiger partial charge in [-0.05, 0) is 43.5 Å². The minimum atomic E-state index is -3.89. The Bertz CT molecular complexity index is 1270. The van der Waals surface area contributed by atoms with E-state index in [1.54, 1.807) is 37.3 Å². The van der Waals surface area contributed by atoms with Crippen LogP contribution < -0.4 is 19.1 Å². The van der Waals surface area contributed by atoms with Gasteiger partial charge in [-0.2, -0.15) is 0 Å². The van der Waals surface area contributed by atoms with Gasteiger partial charge in [-0.3, -0.25) is 13.9 Å². The van der Waals surface area contributed by atoms with Gasteiger partial charge in [-0.15, -0.1) is 0 Å². The zero-order valence-electron chi connectivity index (χ0n) is 22.6. The number of rotatable bonds is 12. The van der Waals surface area contributed by atoms with E-state index in [0.29, 0.717) is 53.3 Å². The standard InChI is InChI=1S/C27H35Cl2N3O6S/c1-5-23(27(34)30-15-18(3)4)31(16-20-21(28)8-7-9-22(20)29)26(33)17-32(39(35,36)6-2)19-10-11-24-25(14-19)38-13-12-37-24/h7-11,14,18,23H,5-6,12-13,15-17H2,1-4H3,(H,30,34). The molecule has 1 aliphatic heterocycles. The second kappa shape index (κ2) is 13.6. The van der Waals surface area contributed by atoms with Crippen molar-refractivity contribution < 1.29 is 27.5 Å². The molecular formula is C27H35Cl2N3O6S. The fraction of sp³-hybridized carbons (Fsp3) is 0.481. The van der Waals surface area contributed by atoms with Crippen LogP contribution in [0.2, 0.25) is 10.0 Å². The number of nitrogens with zero attached hydrogens (tertiary/aromatic N) is 2. The van der Waals surface area contributed by atoms with Crippen LogP contribution in [0.25, 0.3) is 0 Å². The first-order valence-corrected chi connectivity index (χ1v) is 15.2. The van der Waals surface area contributed by atoms with Gasteiger partial charge in [0.1, 0.15) is 25.8 Å². The highest BCUT2D eigenvalue weighted by Crippen LogP contribution is 2.35. The number of nitrogens with one attached hydrogen (secondary N) is 1. The topological polar surface area (TPSA) is 105 Å². The van der Waals surface area contributed by atoms with Gasteiger partial charge in [0, 0.05) is 34.8 Å². The second-order valence-corrected chi connectivity index (χ2v) is 12.5. The molecule has 39 heavy (non-hydrogen) atoms. The van der Waals surface area contributed by atoms with Crippen LogP contribution in [-0.4, -0.2) is 63.2 Å². The zero-order valence-corrected chi connectivity index (χ0v) is 24.9.